The number of allylic oxidation sites excluding steroid dienone is 3. The maximum atomic E-state index is 9.55. The van der Waals surface area contributed by atoms with Crippen molar-refractivity contribution in [1.29, 1.82) is 0 Å². The molecule has 6 nitrogen and oxygen atoms in total. The Balaban J connectivity index is 0.000000240. The molecule has 2 heterocycles. The van der Waals surface area contributed by atoms with Crippen molar-refractivity contribution < 1.29 is 26.7 Å². The number of phenolic OH excluding ortho intramolecular Hbond substituents is 2. The molecule has 0 spiro atoms. The van der Waals surface area contributed by atoms with Gasteiger partial charge >= 0.3 is 0 Å². The van der Waals surface area contributed by atoms with E-state index in [-0.39, 0.29) is 34.0 Å². The summed E-state index contributed by atoms with van der Waals surface area (Å²) in [4.78, 5) is 12.9. The average molecular weight is 512 g/mol. The van der Waals surface area contributed by atoms with E-state index in [1.165, 1.54) is 0 Å². The molecule has 1 aliphatic heterocycles. The van der Waals surface area contributed by atoms with Crippen LogP contribution in [0.4, 0.5) is 0 Å². The molecule has 0 saturated carbocycles. The molecule has 0 radical (unpaired) electrons. The number of hydrogen-bond donors (Lipinski definition) is 2. The summed E-state index contributed by atoms with van der Waals surface area (Å²) < 4.78 is 0. The van der Waals surface area contributed by atoms with Gasteiger partial charge in [-0.3, -0.25) is 15.0 Å². The van der Waals surface area contributed by atoms with Gasteiger partial charge in [-0.1, -0.05) is 61.5 Å². The van der Waals surface area contributed by atoms with Crippen LogP contribution in [-0.4, -0.2) is 40.2 Å². The van der Waals surface area contributed by atoms with Gasteiger partial charge in [0.25, 0.3) is 0 Å². The van der Waals surface area contributed by atoms with Crippen molar-refractivity contribution >= 4 is 12.4 Å². The zero-order valence-electron chi connectivity index (χ0n) is 19.7. The van der Waals surface area contributed by atoms with Crippen LogP contribution in [0.15, 0.2) is 101 Å². The van der Waals surface area contributed by atoms with Crippen molar-refractivity contribution in [2.45, 2.75) is 26.4 Å². The molecule has 35 heavy (non-hydrogen) atoms. The molecule has 4 rings (SSSR count). The van der Waals surface area contributed by atoms with Crippen LogP contribution in [0.5, 0.6) is 11.5 Å². The van der Waals surface area contributed by atoms with Gasteiger partial charge in [0.15, 0.2) is 0 Å². The van der Waals surface area contributed by atoms with Gasteiger partial charge in [0.1, 0.15) is 11.5 Å². The van der Waals surface area contributed by atoms with Crippen LogP contribution in [0.25, 0.3) is 5.32 Å². The first-order chi connectivity index (χ1) is 16.5. The molecule has 0 saturated heterocycles. The largest absolute Gasteiger partial charge is 0.681 e. The maximum Gasteiger partial charge on any atom is 0.124 e. The molecule has 0 amide bonds. The van der Waals surface area contributed by atoms with E-state index in [0.29, 0.717) is 13.1 Å². The molecule has 2 N–H and O–H groups in total. The van der Waals surface area contributed by atoms with E-state index >= 15 is 0 Å². The van der Waals surface area contributed by atoms with Crippen molar-refractivity contribution in [3.8, 4) is 11.5 Å². The third kappa shape index (κ3) is 9.59. The third-order valence-corrected chi connectivity index (χ3v) is 4.87. The third-order valence-electron chi connectivity index (χ3n) is 4.87. The van der Waals surface area contributed by atoms with E-state index in [0.717, 1.165) is 28.2 Å². The normalized spacial score (nSPS) is 14.6. The number of pyridine rings is 1. The fourth-order valence-corrected chi connectivity index (χ4v) is 3.15. The molecule has 1 aromatic heterocycles. The summed E-state index contributed by atoms with van der Waals surface area (Å²) in [7, 11) is 0. The van der Waals surface area contributed by atoms with Crippen molar-refractivity contribution in [1.82, 2.24) is 4.98 Å². The first-order valence-corrected chi connectivity index (χ1v) is 11.1. The Morgan fingerprint density at radius 1 is 0.857 bits per heavy atom. The van der Waals surface area contributed by atoms with E-state index in [2.05, 4.69) is 20.3 Å². The van der Waals surface area contributed by atoms with Gasteiger partial charge in [0.05, 0.1) is 12.2 Å². The minimum Gasteiger partial charge on any atom is -0.681 e. The van der Waals surface area contributed by atoms with Crippen LogP contribution in [0.2, 0.25) is 0 Å². The van der Waals surface area contributed by atoms with E-state index in [4.69, 9.17) is 0 Å². The predicted octanol–water partition coefficient (Wildman–Crippen LogP) is 5.74. The summed E-state index contributed by atoms with van der Waals surface area (Å²) >= 11 is 0. The monoisotopic (exact) mass is 511 g/mol. The molecular formula is C28H29N4NiO2-. The van der Waals surface area contributed by atoms with Crippen molar-refractivity contribution in [3.05, 3.63) is 118 Å². The molecule has 1 unspecified atom stereocenters. The first kappa shape index (κ1) is 27.5. The van der Waals surface area contributed by atoms with Gasteiger partial charge in [0.2, 0.25) is 0 Å². The fraction of sp³-hybridized carbons (Fsp3) is 0.179. The number of aromatic nitrogens is 1. The van der Waals surface area contributed by atoms with Crippen LogP contribution < -0.4 is 0 Å². The number of hydrogen-bond acceptors (Lipinski definition) is 5. The van der Waals surface area contributed by atoms with E-state index in [9.17, 15) is 10.2 Å². The maximum absolute atomic E-state index is 9.55. The van der Waals surface area contributed by atoms with E-state index in [1.54, 1.807) is 36.7 Å². The minimum atomic E-state index is 0. The average Bonchev–Trinajstić information content (AvgIpc) is 2.82. The number of aromatic hydroxyl groups is 2. The summed E-state index contributed by atoms with van der Waals surface area (Å²) in [6.45, 7) is 5.06. The van der Waals surface area contributed by atoms with Crippen molar-refractivity contribution in [2.24, 2.45) is 9.98 Å². The number of nitrogens with zero attached hydrogens (tertiary/aromatic N) is 4. The van der Waals surface area contributed by atoms with Crippen LogP contribution in [0.3, 0.4) is 0 Å². The Kier molecular flexibility index (Phi) is 11.4. The zero-order valence-corrected chi connectivity index (χ0v) is 20.7. The molecule has 2 aromatic carbocycles. The standard InChI is InChI=1S/C14H15N2O.C14H14N2O.Ni/c2*1-11-5-4-7-13(16-11)10-15-9-12-6-2-3-8-14(12)17;/h2-9,13H,10H2,1H3,(H,15,17);2-9,17H,10H2,1H3;/q-1;;. The van der Waals surface area contributed by atoms with Gasteiger partial charge in [-0.2, -0.15) is 5.70 Å². The number of phenols is 2. The Morgan fingerprint density at radius 3 is 2.09 bits per heavy atom. The SMILES string of the molecule is CC1=CC=CC(CN=Cc2ccccc2O)[N-]1.Cc1cccc(CN=Cc2ccccc2O)n1.[Ni]. The number of aryl methyl sites for hydroxylation is 1. The van der Waals surface area contributed by atoms with Gasteiger partial charge in [-0.05, 0) is 43.3 Å². The Hall–Kier alpha value is -3.70. The number of aliphatic imine (C=N–C) groups is 2. The van der Waals surface area contributed by atoms with Gasteiger partial charge in [0, 0.05) is 52.3 Å². The molecule has 1 aliphatic rings. The van der Waals surface area contributed by atoms with Crippen molar-refractivity contribution in [3.63, 3.8) is 0 Å². The smallest absolute Gasteiger partial charge is 0.124 e. The van der Waals surface area contributed by atoms with Crippen LogP contribution in [0.1, 0.15) is 29.4 Å². The van der Waals surface area contributed by atoms with E-state index < -0.39 is 0 Å². The molecule has 0 bridgehead atoms. The summed E-state index contributed by atoms with van der Waals surface area (Å²) in [5.41, 5.74) is 4.40. The van der Waals surface area contributed by atoms with Crippen LogP contribution in [0, 0.1) is 6.92 Å². The second-order valence-corrected chi connectivity index (χ2v) is 7.74. The Labute approximate surface area is 216 Å². The molecule has 0 fully saturated rings. The quantitative estimate of drug-likeness (QED) is 0.326. The molecule has 0 aliphatic carbocycles. The molecular weight excluding hydrogens is 483 g/mol. The fourth-order valence-electron chi connectivity index (χ4n) is 3.15. The second-order valence-electron chi connectivity index (χ2n) is 7.74. The Bertz CT molecular complexity index is 1200. The van der Waals surface area contributed by atoms with Gasteiger partial charge < -0.3 is 15.5 Å². The molecule has 7 heteroatoms. The predicted molar refractivity (Wildman–Crippen MR) is 139 cm³/mol. The Morgan fingerprint density at radius 2 is 1.49 bits per heavy atom. The number of para-hydroxylation sites is 2. The number of benzene rings is 2. The van der Waals surface area contributed by atoms with E-state index in [1.807, 2.05) is 74.5 Å². The summed E-state index contributed by atoms with van der Waals surface area (Å²) in [6.07, 6.45) is 9.35. The second kappa shape index (κ2) is 14.5. The summed E-state index contributed by atoms with van der Waals surface area (Å²) in [5.74, 6) is 0.497. The number of rotatable bonds is 6. The molecule has 184 valence electrons. The summed E-state index contributed by atoms with van der Waals surface area (Å²) in [6, 6.07) is 20.2. The summed E-state index contributed by atoms with van der Waals surface area (Å²) in [5, 5.41) is 23.5. The van der Waals surface area contributed by atoms with Crippen molar-refractivity contribution in [2.75, 3.05) is 6.54 Å². The zero-order chi connectivity index (χ0) is 24.2. The molecule has 1 atom stereocenters. The van der Waals surface area contributed by atoms with Crippen LogP contribution >= 0.6 is 0 Å². The van der Waals surface area contributed by atoms with Gasteiger partial charge in [-0.25, -0.2) is 0 Å². The minimum absolute atomic E-state index is 0. The topological polar surface area (TPSA) is 92.2 Å². The van der Waals surface area contributed by atoms with Gasteiger partial charge in [-0.15, -0.1) is 0 Å². The first-order valence-electron chi connectivity index (χ1n) is 11.1. The van der Waals surface area contributed by atoms with Crippen LogP contribution in [-0.2, 0) is 23.0 Å². The molecule has 3 aromatic rings.